The Morgan fingerprint density at radius 3 is 1.54 bits per heavy atom. The van der Waals surface area contributed by atoms with Gasteiger partial charge < -0.3 is 9.80 Å². The first-order chi connectivity index (χ1) is 5.95. The van der Waals surface area contributed by atoms with Crippen LogP contribution in [0.25, 0.3) is 0 Å². The number of carbonyl (C=O) groups excluding carboxylic acids is 2. The standard InChI is InChI=1S/C7H6N2O2S2/c1-8-3(10)7(5(8)12)4(11)9(2)6(7)13/h1-2H3. The molecule has 2 rings (SSSR count). The minimum Gasteiger partial charge on any atom is -0.306 e. The average Bonchev–Trinajstić information content (AvgIpc) is 2.16. The lowest BCUT2D eigenvalue weighted by atomic mass is 9.71. The second kappa shape index (κ2) is 2.13. The van der Waals surface area contributed by atoms with Gasteiger partial charge in [0.25, 0.3) is 11.8 Å². The van der Waals surface area contributed by atoms with Gasteiger partial charge in [-0.15, -0.1) is 0 Å². The molecule has 2 aliphatic heterocycles. The lowest BCUT2D eigenvalue weighted by molar-refractivity contribution is -0.152. The van der Waals surface area contributed by atoms with E-state index in [1.807, 2.05) is 0 Å². The molecule has 13 heavy (non-hydrogen) atoms. The van der Waals surface area contributed by atoms with Crippen LogP contribution in [-0.4, -0.2) is 45.7 Å². The molecule has 0 bridgehead atoms. The molecule has 6 heteroatoms. The molecule has 2 heterocycles. The zero-order valence-electron chi connectivity index (χ0n) is 7.03. The summed E-state index contributed by atoms with van der Waals surface area (Å²) in [4.78, 5) is 26.1. The van der Waals surface area contributed by atoms with Crippen molar-refractivity contribution in [3.8, 4) is 0 Å². The molecular weight excluding hydrogens is 208 g/mol. The number of hydrogen-bond donors (Lipinski definition) is 0. The Bertz CT molecular complexity index is 305. The first-order valence-electron chi connectivity index (χ1n) is 3.61. The molecule has 2 amide bonds. The predicted octanol–water partition coefficient (Wildman–Crippen LogP) is -0.428. The molecule has 1 spiro atoms. The van der Waals surface area contributed by atoms with Gasteiger partial charge in [-0.05, 0) is 0 Å². The van der Waals surface area contributed by atoms with E-state index in [1.165, 1.54) is 9.80 Å². The predicted molar refractivity (Wildman–Crippen MR) is 53.2 cm³/mol. The summed E-state index contributed by atoms with van der Waals surface area (Å²) in [6, 6.07) is 0. The maximum Gasteiger partial charge on any atom is 0.256 e. The van der Waals surface area contributed by atoms with E-state index in [-0.39, 0.29) is 11.8 Å². The molecular formula is C7H6N2O2S2. The third-order valence-electron chi connectivity index (χ3n) is 2.50. The van der Waals surface area contributed by atoms with E-state index >= 15 is 0 Å². The Hall–Kier alpha value is -0.880. The van der Waals surface area contributed by atoms with Crippen LogP contribution in [0.5, 0.6) is 0 Å². The quantitative estimate of drug-likeness (QED) is 0.312. The van der Waals surface area contributed by atoms with Gasteiger partial charge in [-0.25, -0.2) is 0 Å². The van der Waals surface area contributed by atoms with Crippen molar-refractivity contribution >= 4 is 46.2 Å². The third kappa shape index (κ3) is 0.604. The molecule has 0 unspecified atom stereocenters. The van der Waals surface area contributed by atoms with Crippen LogP contribution in [0.3, 0.4) is 0 Å². The van der Waals surface area contributed by atoms with Gasteiger partial charge in [0.05, 0.1) is 0 Å². The second-order valence-corrected chi connectivity index (χ2v) is 3.86. The molecule has 0 N–H and O–H groups in total. The van der Waals surface area contributed by atoms with Crippen molar-refractivity contribution in [2.24, 2.45) is 5.41 Å². The van der Waals surface area contributed by atoms with Gasteiger partial charge in [0, 0.05) is 14.1 Å². The van der Waals surface area contributed by atoms with Crippen molar-refractivity contribution in [2.75, 3.05) is 14.1 Å². The van der Waals surface area contributed by atoms with Crippen LogP contribution in [0.4, 0.5) is 0 Å². The maximum absolute atomic E-state index is 11.4. The van der Waals surface area contributed by atoms with Crippen molar-refractivity contribution in [1.82, 2.24) is 9.80 Å². The third-order valence-corrected chi connectivity index (χ3v) is 3.66. The Balaban J connectivity index is 2.46. The van der Waals surface area contributed by atoms with Gasteiger partial charge in [-0.2, -0.15) is 0 Å². The first kappa shape index (κ1) is 8.71. The normalized spacial score (nSPS) is 25.1. The number of amides is 2. The zero-order valence-corrected chi connectivity index (χ0v) is 8.66. The highest BCUT2D eigenvalue weighted by molar-refractivity contribution is 7.83. The molecule has 0 aromatic heterocycles. The number of thiocarbonyl (C=S) groups is 2. The van der Waals surface area contributed by atoms with E-state index in [0.29, 0.717) is 9.98 Å². The molecule has 2 saturated heterocycles. The molecule has 0 aromatic carbocycles. The van der Waals surface area contributed by atoms with Crippen molar-refractivity contribution in [1.29, 1.82) is 0 Å². The summed E-state index contributed by atoms with van der Waals surface area (Å²) < 4.78 is 0. The summed E-state index contributed by atoms with van der Waals surface area (Å²) in [7, 11) is 3.09. The summed E-state index contributed by atoms with van der Waals surface area (Å²) >= 11 is 9.89. The second-order valence-electron chi connectivity index (χ2n) is 3.09. The maximum atomic E-state index is 11.4. The monoisotopic (exact) mass is 214 g/mol. The van der Waals surface area contributed by atoms with Gasteiger partial charge in [0.2, 0.25) is 5.41 Å². The highest BCUT2D eigenvalue weighted by Gasteiger charge is 2.73. The number of likely N-dealkylation sites (tertiary alicyclic amines) is 2. The van der Waals surface area contributed by atoms with E-state index in [4.69, 9.17) is 24.4 Å². The molecule has 2 aliphatic rings. The summed E-state index contributed by atoms with van der Waals surface area (Å²) in [5.74, 6) is -0.601. The number of nitrogens with zero attached hydrogens (tertiary/aromatic N) is 2. The SMILES string of the molecule is CN1C(=O)C2(C(=O)N(C)C2=S)C1=S. The van der Waals surface area contributed by atoms with Crippen LogP contribution in [0.1, 0.15) is 0 Å². The lowest BCUT2D eigenvalue weighted by Crippen LogP contribution is -2.81. The first-order valence-corrected chi connectivity index (χ1v) is 4.42. The van der Waals surface area contributed by atoms with Crippen LogP contribution in [0, 0.1) is 5.41 Å². The minimum atomic E-state index is -1.24. The summed E-state index contributed by atoms with van der Waals surface area (Å²) in [5.41, 5.74) is -1.24. The number of rotatable bonds is 0. The summed E-state index contributed by atoms with van der Waals surface area (Å²) in [6.07, 6.45) is 0. The molecule has 2 fully saturated rings. The van der Waals surface area contributed by atoms with E-state index in [9.17, 15) is 9.59 Å². The van der Waals surface area contributed by atoms with E-state index in [1.54, 1.807) is 14.1 Å². The number of β-lactam (4-membered cyclic amide) rings is 2. The van der Waals surface area contributed by atoms with Crippen LogP contribution < -0.4 is 0 Å². The highest BCUT2D eigenvalue weighted by Crippen LogP contribution is 2.45. The highest BCUT2D eigenvalue weighted by atomic mass is 32.1. The van der Waals surface area contributed by atoms with E-state index < -0.39 is 5.41 Å². The number of carbonyl (C=O) groups is 2. The van der Waals surface area contributed by atoms with Gasteiger partial charge in [-0.3, -0.25) is 9.59 Å². The smallest absolute Gasteiger partial charge is 0.256 e. The largest absolute Gasteiger partial charge is 0.306 e. The molecule has 4 nitrogen and oxygen atoms in total. The minimum absolute atomic E-state index is 0.300. The van der Waals surface area contributed by atoms with Gasteiger partial charge in [-0.1, -0.05) is 24.4 Å². The zero-order chi connectivity index (χ0) is 9.96. The Kier molecular flexibility index (Phi) is 1.43. The lowest BCUT2D eigenvalue weighted by Gasteiger charge is -2.55. The fraction of sp³-hybridized carbons (Fsp3) is 0.429. The molecule has 0 radical (unpaired) electrons. The average molecular weight is 214 g/mol. The molecule has 0 aromatic rings. The molecule has 68 valence electrons. The Morgan fingerprint density at radius 2 is 1.31 bits per heavy atom. The van der Waals surface area contributed by atoms with Crippen molar-refractivity contribution < 1.29 is 9.59 Å². The fourth-order valence-corrected chi connectivity index (χ4v) is 2.41. The summed E-state index contributed by atoms with van der Waals surface area (Å²) in [6.45, 7) is 0. The molecule has 0 atom stereocenters. The fourth-order valence-electron chi connectivity index (χ4n) is 1.63. The van der Waals surface area contributed by atoms with Gasteiger partial charge in [0.1, 0.15) is 9.98 Å². The molecule has 0 aliphatic carbocycles. The topological polar surface area (TPSA) is 40.6 Å². The van der Waals surface area contributed by atoms with E-state index in [2.05, 4.69) is 0 Å². The van der Waals surface area contributed by atoms with Gasteiger partial charge >= 0.3 is 0 Å². The van der Waals surface area contributed by atoms with Crippen LogP contribution in [-0.2, 0) is 9.59 Å². The molecule has 0 saturated carbocycles. The van der Waals surface area contributed by atoms with Crippen molar-refractivity contribution in [3.63, 3.8) is 0 Å². The van der Waals surface area contributed by atoms with Crippen molar-refractivity contribution in [2.45, 2.75) is 0 Å². The number of hydrogen-bond acceptors (Lipinski definition) is 4. The van der Waals surface area contributed by atoms with E-state index in [0.717, 1.165) is 0 Å². The van der Waals surface area contributed by atoms with Crippen LogP contribution in [0.15, 0.2) is 0 Å². The summed E-state index contributed by atoms with van der Waals surface area (Å²) in [5, 5.41) is 0. The Morgan fingerprint density at radius 1 is 1.00 bits per heavy atom. The Labute approximate surface area is 85.5 Å². The van der Waals surface area contributed by atoms with Crippen LogP contribution in [0.2, 0.25) is 0 Å². The van der Waals surface area contributed by atoms with Gasteiger partial charge in [0.15, 0.2) is 0 Å². The van der Waals surface area contributed by atoms with Crippen molar-refractivity contribution in [3.05, 3.63) is 0 Å². The van der Waals surface area contributed by atoms with Crippen LogP contribution >= 0.6 is 24.4 Å².